The lowest BCUT2D eigenvalue weighted by Gasteiger charge is -2.16. The number of rotatable bonds is 4. The van der Waals surface area contributed by atoms with Gasteiger partial charge in [0.1, 0.15) is 6.20 Å². The first kappa shape index (κ1) is 14.5. The average molecular weight is 280 g/mol. The molecule has 1 aliphatic rings. The van der Waals surface area contributed by atoms with E-state index in [1.807, 2.05) is 0 Å². The van der Waals surface area contributed by atoms with Gasteiger partial charge < -0.3 is 5.32 Å². The van der Waals surface area contributed by atoms with Gasteiger partial charge in [-0.05, 0) is 19.8 Å². The molecule has 1 aromatic rings. The molecule has 0 spiro atoms. The SMILES string of the molecule is CCn1ncc([N+](=O)[O-])c1C(=O)NC1CCCCCC1. The van der Waals surface area contributed by atoms with Crippen molar-refractivity contribution < 1.29 is 9.72 Å². The minimum atomic E-state index is -0.554. The third-order valence-corrected chi connectivity index (χ3v) is 3.72. The normalized spacial score (nSPS) is 16.6. The van der Waals surface area contributed by atoms with Crippen LogP contribution in [0.25, 0.3) is 0 Å². The number of nitrogens with one attached hydrogen (secondary N) is 1. The zero-order chi connectivity index (χ0) is 14.5. The van der Waals surface area contributed by atoms with E-state index in [1.165, 1.54) is 17.5 Å². The number of nitrogens with zero attached hydrogens (tertiary/aromatic N) is 3. The number of hydrogen-bond acceptors (Lipinski definition) is 4. The molecular weight excluding hydrogens is 260 g/mol. The molecule has 1 fully saturated rings. The maximum Gasteiger partial charge on any atom is 0.320 e. The van der Waals surface area contributed by atoms with Crippen molar-refractivity contribution >= 4 is 11.6 Å². The average Bonchev–Trinajstić information content (AvgIpc) is 2.70. The topological polar surface area (TPSA) is 90.1 Å². The number of amides is 1. The highest BCUT2D eigenvalue weighted by Gasteiger charge is 2.27. The molecule has 7 heteroatoms. The van der Waals surface area contributed by atoms with E-state index in [-0.39, 0.29) is 23.3 Å². The summed E-state index contributed by atoms with van der Waals surface area (Å²) in [6, 6.07) is 0.116. The lowest BCUT2D eigenvalue weighted by molar-refractivity contribution is -0.385. The second kappa shape index (κ2) is 6.49. The van der Waals surface area contributed by atoms with Crippen LogP contribution < -0.4 is 5.32 Å². The van der Waals surface area contributed by atoms with Crippen molar-refractivity contribution in [2.45, 2.75) is 58.0 Å². The molecule has 2 rings (SSSR count). The molecule has 1 amide bonds. The molecule has 7 nitrogen and oxygen atoms in total. The lowest BCUT2D eigenvalue weighted by atomic mass is 10.1. The third kappa shape index (κ3) is 3.15. The highest BCUT2D eigenvalue weighted by molar-refractivity contribution is 5.96. The predicted molar refractivity (Wildman–Crippen MR) is 73.5 cm³/mol. The Bertz CT molecular complexity index is 490. The van der Waals surface area contributed by atoms with Gasteiger partial charge in [-0.1, -0.05) is 25.7 Å². The zero-order valence-corrected chi connectivity index (χ0v) is 11.7. The van der Waals surface area contributed by atoms with Crippen LogP contribution in [-0.4, -0.2) is 26.7 Å². The molecule has 0 bridgehead atoms. The maximum absolute atomic E-state index is 12.3. The summed E-state index contributed by atoms with van der Waals surface area (Å²) in [4.78, 5) is 22.7. The first-order chi connectivity index (χ1) is 9.63. The Balaban J connectivity index is 2.15. The fourth-order valence-corrected chi connectivity index (χ4v) is 2.66. The second-order valence-electron chi connectivity index (χ2n) is 5.11. The van der Waals surface area contributed by atoms with Crippen LogP contribution in [0.4, 0.5) is 5.69 Å². The summed E-state index contributed by atoms with van der Waals surface area (Å²) in [5.74, 6) is -0.386. The summed E-state index contributed by atoms with van der Waals surface area (Å²) in [5, 5.41) is 17.8. The first-order valence-corrected chi connectivity index (χ1v) is 7.14. The standard InChI is InChI=1S/C13H20N4O3/c1-2-16-12(11(9-14-16)17(19)20)13(18)15-10-7-5-3-4-6-8-10/h9-10H,2-8H2,1H3,(H,15,18). The Morgan fingerprint density at radius 2 is 2.10 bits per heavy atom. The minimum absolute atomic E-state index is 0.0572. The van der Waals surface area contributed by atoms with Gasteiger partial charge in [-0.2, -0.15) is 5.10 Å². The van der Waals surface area contributed by atoms with Gasteiger partial charge in [-0.3, -0.25) is 19.6 Å². The van der Waals surface area contributed by atoms with E-state index < -0.39 is 4.92 Å². The summed E-state index contributed by atoms with van der Waals surface area (Å²) in [5.41, 5.74) is -0.167. The molecule has 0 unspecified atom stereocenters. The molecule has 0 aliphatic heterocycles. The van der Waals surface area contributed by atoms with Crippen molar-refractivity contribution in [2.75, 3.05) is 0 Å². The number of aromatic nitrogens is 2. The van der Waals surface area contributed by atoms with Crippen molar-refractivity contribution in [1.29, 1.82) is 0 Å². The third-order valence-electron chi connectivity index (χ3n) is 3.72. The molecule has 1 aliphatic carbocycles. The maximum atomic E-state index is 12.3. The van der Waals surface area contributed by atoms with Crippen LogP contribution >= 0.6 is 0 Å². The molecule has 0 saturated heterocycles. The number of carbonyl (C=O) groups excluding carboxylic acids is 1. The Morgan fingerprint density at radius 1 is 1.45 bits per heavy atom. The lowest BCUT2D eigenvalue weighted by Crippen LogP contribution is -2.36. The molecular formula is C13H20N4O3. The predicted octanol–water partition coefficient (Wildman–Crippen LogP) is 2.26. The number of nitro groups is 1. The van der Waals surface area contributed by atoms with Crippen molar-refractivity contribution in [1.82, 2.24) is 15.1 Å². The fourth-order valence-electron chi connectivity index (χ4n) is 2.66. The number of carbonyl (C=O) groups is 1. The van der Waals surface area contributed by atoms with E-state index in [0.29, 0.717) is 6.54 Å². The van der Waals surface area contributed by atoms with Gasteiger partial charge in [0.25, 0.3) is 5.91 Å². The van der Waals surface area contributed by atoms with Gasteiger partial charge in [-0.15, -0.1) is 0 Å². The molecule has 1 N–H and O–H groups in total. The van der Waals surface area contributed by atoms with Crippen molar-refractivity contribution in [3.05, 3.63) is 22.0 Å². The van der Waals surface area contributed by atoms with Gasteiger partial charge in [-0.25, -0.2) is 0 Å². The summed E-state index contributed by atoms with van der Waals surface area (Å²) in [6.07, 6.45) is 7.62. The Labute approximate surface area is 117 Å². The molecule has 20 heavy (non-hydrogen) atoms. The van der Waals surface area contributed by atoms with Crippen LogP contribution in [-0.2, 0) is 6.54 Å². The van der Waals surface area contributed by atoms with Crippen LogP contribution in [0, 0.1) is 10.1 Å². The van der Waals surface area contributed by atoms with Crippen molar-refractivity contribution in [2.24, 2.45) is 0 Å². The zero-order valence-electron chi connectivity index (χ0n) is 11.7. The van der Waals surface area contributed by atoms with E-state index >= 15 is 0 Å². The van der Waals surface area contributed by atoms with E-state index in [2.05, 4.69) is 10.4 Å². The Morgan fingerprint density at radius 3 is 2.65 bits per heavy atom. The van der Waals surface area contributed by atoms with Crippen LogP contribution in [0.5, 0.6) is 0 Å². The number of hydrogen-bond donors (Lipinski definition) is 1. The molecule has 110 valence electrons. The van der Waals surface area contributed by atoms with Crippen LogP contribution in [0.2, 0.25) is 0 Å². The van der Waals surface area contributed by atoms with Gasteiger partial charge in [0.05, 0.1) is 4.92 Å². The molecule has 1 aromatic heterocycles. The molecule has 1 heterocycles. The Hall–Kier alpha value is -1.92. The van der Waals surface area contributed by atoms with Gasteiger partial charge in [0, 0.05) is 12.6 Å². The van der Waals surface area contributed by atoms with Gasteiger partial charge in [0.15, 0.2) is 0 Å². The fraction of sp³-hybridized carbons (Fsp3) is 0.692. The summed E-state index contributed by atoms with van der Waals surface area (Å²) in [6.45, 7) is 2.24. The van der Waals surface area contributed by atoms with Crippen LogP contribution in [0.3, 0.4) is 0 Å². The van der Waals surface area contributed by atoms with E-state index in [1.54, 1.807) is 6.92 Å². The van der Waals surface area contributed by atoms with Crippen molar-refractivity contribution in [3.8, 4) is 0 Å². The van der Waals surface area contributed by atoms with Crippen LogP contribution in [0.1, 0.15) is 55.9 Å². The number of aryl methyl sites for hydroxylation is 1. The first-order valence-electron chi connectivity index (χ1n) is 7.14. The summed E-state index contributed by atoms with van der Waals surface area (Å²) in [7, 11) is 0. The minimum Gasteiger partial charge on any atom is -0.348 e. The van der Waals surface area contributed by atoms with Gasteiger partial charge >= 0.3 is 5.69 Å². The van der Waals surface area contributed by atoms with Crippen LogP contribution in [0.15, 0.2) is 6.20 Å². The second-order valence-corrected chi connectivity index (χ2v) is 5.11. The molecule has 0 radical (unpaired) electrons. The molecule has 1 saturated carbocycles. The summed E-state index contributed by atoms with van der Waals surface area (Å²) < 4.78 is 1.38. The Kier molecular flexibility index (Phi) is 4.70. The highest BCUT2D eigenvalue weighted by Crippen LogP contribution is 2.20. The molecule has 0 atom stereocenters. The highest BCUT2D eigenvalue weighted by atomic mass is 16.6. The summed E-state index contributed by atoms with van der Waals surface area (Å²) >= 11 is 0. The quantitative estimate of drug-likeness (QED) is 0.520. The smallest absolute Gasteiger partial charge is 0.320 e. The largest absolute Gasteiger partial charge is 0.348 e. The van der Waals surface area contributed by atoms with Gasteiger partial charge in [0.2, 0.25) is 5.69 Å². The van der Waals surface area contributed by atoms with E-state index in [4.69, 9.17) is 0 Å². The molecule has 0 aromatic carbocycles. The van der Waals surface area contributed by atoms with E-state index in [0.717, 1.165) is 31.9 Å². The monoisotopic (exact) mass is 280 g/mol. The van der Waals surface area contributed by atoms with E-state index in [9.17, 15) is 14.9 Å². The van der Waals surface area contributed by atoms with Crippen molar-refractivity contribution in [3.63, 3.8) is 0 Å².